The molecule has 120 valence electrons. The van der Waals surface area contributed by atoms with Gasteiger partial charge in [-0.05, 0) is 36.8 Å². The summed E-state index contributed by atoms with van der Waals surface area (Å²) in [5.41, 5.74) is 6.08. The van der Waals surface area contributed by atoms with E-state index in [0.717, 1.165) is 6.07 Å². The molecule has 7 heteroatoms. The van der Waals surface area contributed by atoms with Crippen molar-refractivity contribution >= 4 is 17.3 Å². The second kappa shape index (κ2) is 6.87. The molecule has 1 amide bonds. The number of nitro groups is 1. The highest BCUT2D eigenvalue weighted by Gasteiger charge is 2.20. The average molecular weight is 317 g/mol. The van der Waals surface area contributed by atoms with Gasteiger partial charge in [0.15, 0.2) is 0 Å². The number of primary amides is 1. The molecule has 0 unspecified atom stereocenters. The lowest BCUT2D eigenvalue weighted by Gasteiger charge is -2.23. The number of rotatable bonds is 6. The van der Waals surface area contributed by atoms with Crippen molar-refractivity contribution in [3.63, 3.8) is 0 Å². The van der Waals surface area contributed by atoms with E-state index < -0.39 is 10.8 Å². The maximum Gasteiger partial charge on any atom is 0.293 e. The Morgan fingerprint density at radius 1 is 1.30 bits per heavy atom. The Kier molecular flexibility index (Phi) is 4.90. The zero-order valence-corrected chi connectivity index (χ0v) is 12.5. The van der Waals surface area contributed by atoms with E-state index >= 15 is 0 Å². The Bertz CT molecular complexity index is 749. The standard InChI is InChI=1S/C16H16FN3O3/c1-2-19(10-11-4-3-5-13(17)8-11)14-7-6-12(16(18)21)9-15(14)20(22)23/h3-9H,2,10H2,1H3,(H2,18,21). The normalized spacial score (nSPS) is 10.3. The van der Waals surface area contributed by atoms with Crippen LogP contribution in [-0.2, 0) is 6.54 Å². The van der Waals surface area contributed by atoms with E-state index in [9.17, 15) is 19.3 Å². The first-order chi connectivity index (χ1) is 10.9. The third-order valence-corrected chi connectivity index (χ3v) is 3.44. The number of nitrogens with zero attached hydrogens (tertiary/aromatic N) is 2. The van der Waals surface area contributed by atoms with Crippen LogP contribution in [0.2, 0.25) is 0 Å². The maximum atomic E-state index is 13.3. The molecule has 0 aromatic heterocycles. The fraction of sp³-hybridized carbons (Fsp3) is 0.188. The first kappa shape index (κ1) is 16.4. The second-order valence-corrected chi connectivity index (χ2v) is 4.97. The van der Waals surface area contributed by atoms with Crippen LogP contribution in [0.5, 0.6) is 0 Å². The lowest BCUT2D eigenvalue weighted by molar-refractivity contribution is -0.384. The summed E-state index contributed by atoms with van der Waals surface area (Å²) in [7, 11) is 0. The first-order valence-electron chi connectivity index (χ1n) is 7.00. The van der Waals surface area contributed by atoms with Crippen LogP contribution >= 0.6 is 0 Å². The smallest absolute Gasteiger partial charge is 0.293 e. The number of nitrogens with two attached hydrogens (primary N) is 1. The van der Waals surface area contributed by atoms with Gasteiger partial charge in [0.2, 0.25) is 5.91 Å². The van der Waals surface area contributed by atoms with Crippen LogP contribution < -0.4 is 10.6 Å². The van der Waals surface area contributed by atoms with Crippen LogP contribution in [0.3, 0.4) is 0 Å². The molecular formula is C16H16FN3O3. The summed E-state index contributed by atoms with van der Waals surface area (Å²) in [5.74, 6) is -1.09. The lowest BCUT2D eigenvalue weighted by atomic mass is 10.1. The molecule has 0 spiro atoms. The van der Waals surface area contributed by atoms with Gasteiger partial charge in [0.1, 0.15) is 11.5 Å². The van der Waals surface area contributed by atoms with E-state index in [2.05, 4.69) is 0 Å². The predicted molar refractivity (Wildman–Crippen MR) is 84.7 cm³/mol. The number of halogens is 1. The minimum Gasteiger partial charge on any atom is -0.366 e. The van der Waals surface area contributed by atoms with E-state index in [1.807, 2.05) is 6.92 Å². The molecule has 0 saturated carbocycles. The van der Waals surface area contributed by atoms with E-state index in [1.54, 1.807) is 17.0 Å². The van der Waals surface area contributed by atoms with Crippen molar-refractivity contribution in [2.45, 2.75) is 13.5 Å². The van der Waals surface area contributed by atoms with Crippen molar-refractivity contribution < 1.29 is 14.1 Å². The highest BCUT2D eigenvalue weighted by molar-refractivity contribution is 5.94. The Morgan fingerprint density at radius 3 is 2.61 bits per heavy atom. The molecule has 0 saturated heterocycles. The Labute approximate surface area is 132 Å². The number of hydrogen-bond donors (Lipinski definition) is 1. The van der Waals surface area contributed by atoms with Gasteiger partial charge in [-0.25, -0.2) is 4.39 Å². The van der Waals surface area contributed by atoms with Crippen LogP contribution in [0.4, 0.5) is 15.8 Å². The molecule has 2 aromatic carbocycles. The third-order valence-electron chi connectivity index (χ3n) is 3.44. The number of carbonyl (C=O) groups is 1. The van der Waals surface area contributed by atoms with Crippen molar-refractivity contribution in [3.05, 3.63) is 69.5 Å². The molecule has 0 aliphatic carbocycles. The summed E-state index contributed by atoms with van der Waals surface area (Å²) < 4.78 is 13.3. The highest BCUT2D eigenvalue weighted by Crippen LogP contribution is 2.30. The molecule has 23 heavy (non-hydrogen) atoms. The molecular weight excluding hydrogens is 301 g/mol. The molecule has 0 heterocycles. The van der Waals surface area contributed by atoms with Gasteiger partial charge in [-0.3, -0.25) is 14.9 Å². The number of carbonyl (C=O) groups excluding carboxylic acids is 1. The SMILES string of the molecule is CCN(Cc1cccc(F)c1)c1ccc(C(N)=O)cc1[N+](=O)[O-]. The number of hydrogen-bond acceptors (Lipinski definition) is 4. The summed E-state index contributed by atoms with van der Waals surface area (Å²) >= 11 is 0. The largest absolute Gasteiger partial charge is 0.366 e. The van der Waals surface area contributed by atoms with Crippen LogP contribution in [0.15, 0.2) is 42.5 Å². The lowest BCUT2D eigenvalue weighted by Crippen LogP contribution is -2.23. The summed E-state index contributed by atoms with van der Waals surface area (Å²) in [6, 6.07) is 10.1. The van der Waals surface area contributed by atoms with Gasteiger partial charge in [0.25, 0.3) is 5.69 Å². The van der Waals surface area contributed by atoms with E-state index in [1.165, 1.54) is 24.3 Å². The molecule has 0 fully saturated rings. The fourth-order valence-corrected chi connectivity index (χ4v) is 2.31. The molecule has 2 aromatic rings. The molecule has 0 aliphatic rings. The van der Waals surface area contributed by atoms with Crippen molar-refractivity contribution in [1.29, 1.82) is 0 Å². The zero-order valence-electron chi connectivity index (χ0n) is 12.5. The minimum absolute atomic E-state index is 0.0715. The quantitative estimate of drug-likeness (QED) is 0.655. The van der Waals surface area contributed by atoms with Crippen LogP contribution in [-0.4, -0.2) is 17.4 Å². The Hall–Kier alpha value is -2.96. The van der Waals surface area contributed by atoms with Crippen LogP contribution in [0.25, 0.3) is 0 Å². The van der Waals surface area contributed by atoms with Gasteiger partial charge in [-0.15, -0.1) is 0 Å². The number of benzene rings is 2. The summed E-state index contributed by atoms with van der Waals surface area (Å²) in [4.78, 5) is 23.7. The monoisotopic (exact) mass is 317 g/mol. The first-order valence-corrected chi connectivity index (χ1v) is 7.00. The van der Waals surface area contributed by atoms with Crippen molar-refractivity contribution in [2.75, 3.05) is 11.4 Å². The Morgan fingerprint density at radius 2 is 2.04 bits per heavy atom. The molecule has 0 atom stereocenters. The van der Waals surface area contributed by atoms with Crippen molar-refractivity contribution in [2.24, 2.45) is 5.73 Å². The fourth-order valence-electron chi connectivity index (χ4n) is 2.31. The molecule has 0 bridgehead atoms. The molecule has 0 aliphatic heterocycles. The van der Waals surface area contributed by atoms with Crippen molar-refractivity contribution in [3.8, 4) is 0 Å². The summed E-state index contributed by atoms with van der Waals surface area (Å²) in [5, 5.41) is 11.3. The number of anilines is 1. The number of nitro benzene ring substituents is 1. The van der Waals surface area contributed by atoms with Gasteiger partial charge < -0.3 is 10.6 Å². The van der Waals surface area contributed by atoms with Crippen LogP contribution in [0, 0.1) is 15.9 Å². The highest BCUT2D eigenvalue weighted by atomic mass is 19.1. The van der Waals surface area contributed by atoms with E-state index in [-0.39, 0.29) is 17.1 Å². The number of amides is 1. The van der Waals surface area contributed by atoms with Crippen molar-refractivity contribution in [1.82, 2.24) is 0 Å². The van der Waals surface area contributed by atoms with Gasteiger partial charge >= 0.3 is 0 Å². The van der Waals surface area contributed by atoms with Crippen LogP contribution in [0.1, 0.15) is 22.8 Å². The van der Waals surface area contributed by atoms with Gasteiger partial charge in [-0.2, -0.15) is 0 Å². The summed E-state index contributed by atoms with van der Waals surface area (Å²) in [6.45, 7) is 2.63. The third kappa shape index (κ3) is 3.82. The molecule has 2 N–H and O–H groups in total. The van der Waals surface area contributed by atoms with E-state index in [0.29, 0.717) is 24.3 Å². The topological polar surface area (TPSA) is 89.5 Å². The predicted octanol–water partition coefficient (Wildman–Crippen LogP) is 2.86. The maximum absolute atomic E-state index is 13.3. The molecule has 2 rings (SSSR count). The van der Waals surface area contributed by atoms with Gasteiger partial charge in [0, 0.05) is 24.7 Å². The van der Waals surface area contributed by atoms with E-state index in [4.69, 9.17) is 5.73 Å². The summed E-state index contributed by atoms with van der Waals surface area (Å²) in [6.07, 6.45) is 0. The average Bonchev–Trinajstić information content (AvgIpc) is 2.52. The zero-order chi connectivity index (χ0) is 17.0. The minimum atomic E-state index is -0.729. The molecule has 6 nitrogen and oxygen atoms in total. The second-order valence-electron chi connectivity index (χ2n) is 4.97. The molecule has 0 radical (unpaired) electrons. The Balaban J connectivity index is 2.40. The van der Waals surface area contributed by atoms with Gasteiger partial charge in [0.05, 0.1) is 4.92 Å². The van der Waals surface area contributed by atoms with Gasteiger partial charge in [-0.1, -0.05) is 12.1 Å².